The molecule has 0 rings (SSSR count). The lowest BCUT2D eigenvalue weighted by Crippen LogP contribution is -2.09. The van der Waals surface area contributed by atoms with Crippen LogP contribution in [-0.2, 0) is 9.47 Å². The van der Waals surface area contributed by atoms with Crippen LogP contribution in [0.25, 0.3) is 0 Å². The number of ether oxygens (including phenoxy) is 2. The zero-order valence-electron chi connectivity index (χ0n) is 10.0. The number of rotatable bonds is 5. The molecule has 0 atom stereocenters. The Labute approximate surface area is 88.0 Å². The van der Waals surface area contributed by atoms with Crippen molar-refractivity contribution in [2.75, 3.05) is 19.8 Å². The van der Waals surface area contributed by atoms with Crippen LogP contribution >= 0.6 is 0 Å². The van der Waals surface area contributed by atoms with Gasteiger partial charge in [-0.05, 0) is 34.6 Å². The van der Waals surface area contributed by atoms with Crippen LogP contribution in [0.5, 0.6) is 0 Å². The first-order valence-corrected chi connectivity index (χ1v) is 5.11. The molecule has 0 spiro atoms. The number of hydrogen-bond acceptors (Lipinski definition) is 2. The Morgan fingerprint density at radius 3 is 2.29 bits per heavy atom. The number of hydrogen-bond donors (Lipinski definition) is 0. The fourth-order valence-electron chi connectivity index (χ4n) is 0.767. The molecule has 0 aliphatic heterocycles. The van der Waals surface area contributed by atoms with Crippen molar-refractivity contribution in [3.8, 4) is 11.8 Å². The first-order valence-electron chi connectivity index (χ1n) is 5.11. The van der Waals surface area contributed by atoms with Crippen LogP contribution in [0.15, 0.2) is 0 Å². The average molecular weight is 198 g/mol. The van der Waals surface area contributed by atoms with Gasteiger partial charge in [-0.1, -0.05) is 11.8 Å². The fraction of sp³-hybridized carbons (Fsp3) is 0.833. The Balaban J connectivity index is 3.33. The molecule has 0 saturated carbocycles. The highest BCUT2D eigenvalue weighted by Crippen LogP contribution is 2.09. The maximum absolute atomic E-state index is 5.32. The van der Waals surface area contributed by atoms with E-state index in [2.05, 4.69) is 32.6 Å². The normalized spacial score (nSPS) is 11.3. The third kappa shape index (κ3) is 11.5. The summed E-state index contributed by atoms with van der Waals surface area (Å²) in [5.74, 6) is 6.09. The molecule has 2 nitrogen and oxygen atoms in total. The van der Waals surface area contributed by atoms with E-state index >= 15 is 0 Å². The summed E-state index contributed by atoms with van der Waals surface area (Å²) in [5, 5.41) is 0. The molecule has 0 heterocycles. The molecule has 0 aromatic carbocycles. The summed E-state index contributed by atoms with van der Waals surface area (Å²) in [5.41, 5.74) is 0.0673. The predicted octanol–water partition coefficient (Wildman–Crippen LogP) is 2.48. The molecular weight excluding hydrogens is 176 g/mol. The highest BCUT2D eigenvalue weighted by atomic mass is 16.5. The van der Waals surface area contributed by atoms with E-state index in [1.54, 1.807) is 0 Å². The van der Waals surface area contributed by atoms with E-state index in [1.807, 2.05) is 13.8 Å². The summed E-state index contributed by atoms with van der Waals surface area (Å²) in [7, 11) is 0. The molecule has 0 unspecified atom stereocenters. The summed E-state index contributed by atoms with van der Waals surface area (Å²) in [4.78, 5) is 0. The molecule has 0 amide bonds. The van der Waals surface area contributed by atoms with Crippen molar-refractivity contribution in [2.45, 2.75) is 40.7 Å². The molecule has 0 fully saturated rings. The molecule has 82 valence electrons. The van der Waals surface area contributed by atoms with Crippen LogP contribution in [-0.4, -0.2) is 25.9 Å². The van der Waals surface area contributed by atoms with Crippen LogP contribution in [0.1, 0.15) is 34.6 Å². The molecule has 0 radical (unpaired) electrons. The van der Waals surface area contributed by atoms with Gasteiger partial charge in [0.15, 0.2) is 0 Å². The summed E-state index contributed by atoms with van der Waals surface area (Å²) < 4.78 is 10.6. The van der Waals surface area contributed by atoms with Crippen molar-refractivity contribution < 1.29 is 9.47 Å². The zero-order valence-corrected chi connectivity index (χ0v) is 10.0. The van der Waals surface area contributed by atoms with Gasteiger partial charge in [0.25, 0.3) is 0 Å². The van der Waals surface area contributed by atoms with Gasteiger partial charge in [0.1, 0.15) is 6.61 Å². The average Bonchev–Trinajstić information content (AvgIpc) is 2.00. The second-order valence-electron chi connectivity index (χ2n) is 4.52. The lowest BCUT2D eigenvalue weighted by Gasteiger charge is -2.08. The van der Waals surface area contributed by atoms with Gasteiger partial charge in [-0.25, -0.2) is 0 Å². The van der Waals surface area contributed by atoms with Crippen molar-refractivity contribution >= 4 is 0 Å². The largest absolute Gasteiger partial charge is 0.376 e. The Morgan fingerprint density at radius 2 is 1.79 bits per heavy atom. The van der Waals surface area contributed by atoms with Crippen molar-refractivity contribution in [2.24, 2.45) is 5.41 Å². The minimum absolute atomic E-state index is 0.0673. The van der Waals surface area contributed by atoms with E-state index in [9.17, 15) is 0 Å². The second-order valence-corrected chi connectivity index (χ2v) is 4.52. The standard InChI is InChI=1S/C12H22O2/c1-11(2)14-10-9-13-8-6-7-12(3,4)5/h11H,8-10H2,1-5H3. The van der Waals surface area contributed by atoms with E-state index in [4.69, 9.17) is 9.47 Å². The molecular formula is C12H22O2. The smallest absolute Gasteiger partial charge is 0.107 e. The maximum Gasteiger partial charge on any atom is 0.107 e. The van der Waals surface area contributed by atoms with Crippen LogP contribution < -0.4 is 0 Å². The second kappa shape index (κ2) is 6.86. The Bertz CT molecular complexity index is 191. The Kier molecular flexibility index (Phi) is 6.61. The van der Waals surface area contributed by atoms with E-state index in [0.717, 1.165) is 0 Å². The monoisotopic (exact) mass is 198 g/mol. The first-order chi connectivity index (χ1) is 6.42. The van der Waals surface area contributed by atoms with Gasteiger partial charge in [-0.2, -0.15) is 0 Å². The summed E-state index contributed by atoms with van der Waals surface area (Å²) >= 11 is 0. The highest BCUT2D eigenvalue weighted by molar-refractivity contribution is 5.07. The third-order valence-corrected chi connectivity index (χ3v) is 1.32. The minimum atomic E-state index is 0.0673. The van der Waals surface area contributed by atoms with E-state index in [-0.39, 0.29) is 11.5 Å². The van der Waals surface area contributed by atoms with Crippen LogP contribution in [0.3, 0.4) is 0 Å². The van der Waals surface area contributed by atoms with Crippen molar-refractivity contribution in [3.63, 3.8) is 0 Å². The van der Waals surface area contributed by atoms with Crippen molar-refractivity contribution in [1.29, 1.82) is 0 Å². The SMILES string of the molecule is CC(C)OCCOCC#CC(C)(C)C. The third-order valence-electron chi connectivity index (χ3n) is 1.32. The fourth-order valence-corrected chi connectivity index (χ4v) is 0.767. The summed E-state index contributed by atoms with van der Waals surface area (Å²) in [6.07, 6.45) is 0.277. The molecule has 0 saturated heterocycles. The summed E-state index contributed by atoms with van der Waals surface area (Å²) in [6, 6.07) is 0. The van der Waals surface area contributed by atoms with E-state index in [1.165, 1.54) is 0 Å². The van der Waals surface area contributed by atoms with Crippen LogP contribution in [0.2, 0.25) is 0 Å². The summed E-state index contributed by atoms with van der Waals surface area (Å²) in [6.45, 7) is 12.1. The topological polar surface area (TPSA) is 18.5 Å². The van der Waals surface area contributed by atoms with Gasteiger partial charge in [-0.15, -0.1) is 0 Å². The highest BCUT2D eigenvalue weighted by Gasteiger charge is 2.02. The van der Waals surface area contributed by atoms with Gasteiger partial charge in [0.2, 0.25) is 0 Å². The molecule has 0 aliphatic rings. The van der Waals surface area contributed by atoms with Gasteiger partial charge >= 0.3 is 0 Å². The van der Waals surface area contributed by atoms with Gasteiger partial charge in [-0.3, -0.25) is 0 Å². The minimum Gasteiger partial charge on any atom is -0.376 e. The Hall–Kier alpha value is -0.520. The lowest BCUT2D eigenvalue weighted by atomic mass is 9.98. The lowest BCUT2D eigenvalue weighted by molar-refractivity contribution is 0.0280. The Morgan fingerprint density at radius 1 is 1.14 bits per heavy atom. The molecule has 0 bridgehead atoms. The zero-order chi connectivity index (χ0) is 11.0. The van der Waals surface area contributed by atoms with Crippen molar-refractivity contribution in [1.82, 2.24) is 0 Å². The van der Waals surface area contributed by atoms with E-state index < -0.39 is 0 Å². The van der Waals surface area contributed by atoms with Crippen molar-refractivity contribution in [3.05, 3.63) is 0 Å². The van der Waals surface area contributed by atoms with Gasteiger partial charge < -0.3 is 9.47 Å². The molecule has 14 heavy (non-hydrogen) atoms. The van der Waals surface area contributed by atoms with Crippen LogP contribution in [0.4, 0.5) is 0 Å². The van der Waals surface area contributed by atoms with Gasteiger partial charge in [0.05, 0.1) is 19.3 Å². The molecule has 2 heteroatoms. The predicted molar refractivity (Wildman–Crippen MR) is 59.1 cm³/mol. The van der Waals surface area contributed by atoms with Crippen LogP contribution in [0, 0.1) is 17.3 Å². The molecule has 0 aliphatic carbocycles. The van der Waals surface area contributed by atoms with E-state index in [0.29, 0.717) is 19.8 Å². The molecule has 0 N–H and O–H groups in total. The molecule has 0 aromatic heterocycles. The first kappa shape index (κ1) is 13.5. The quantitative estimate of drug-likeness (QED) is 0.499. The molecule has 0 aromatic rings. The van der Waals surface area contributed by atoms with Gasteiger partial charge in [0, 0.05) is 5.41 Å². The maximum atomic E-state index is 5.32.